The highest BCUT2D eigenvalue weighted by molar-refractivity contribution is 7.12. The van der Waals surface area contributed by atoms with Crippen molar-refractivity contribution in [3.05, 3.63) is 52.2 Å². The first-order chi connectivity index (χ1) is 12.7. The zero-order chi connectivity index (χ0) is 17.9. The average molecular weight is 371 g/mol. The molecule has 136 valence electrons. The van der Waals surface area contributed by atoms with Gasteiger partial charge in [-0.05, 0) is 29.1 Å². The number of hydrazone groups is 1. The molecule has 0 spiro atoms. The quantitative estimate of drug-likeness (QED) is 0.897. The summed E-state index contributed by atoms with van der Waals surface area (Å²) in [7, 11) is 0. The van der Waals surface area contributed by atoms with Gasteiger partial charge in [0.25, 0.3) is 5.91 Å². The molecule has 1 saturated heterocycles. The summed E-state index contributed by atoms with van der Waals surface area (Å²) in [5.41, 5.74) is 1.92. The predicted molar refractivity (Wildman–Crippen MR) is 100 cm³/mol. The molecule has 0 unspecified atom stereocenters. The zero-order valence-electron chi connectivity index (χ0n) is 14.4. The molecule has 7 heteroatoms. The summed E-state index contributed by atoms with van der Waals surface area (Å²) in [5.74, 6) is 0.217. The Labute approximate surface area is 156 Å². The van der Waals surface area contributed by atoms with Crippen LogP contribution in [0.4, 0.5) is 0 Å². The number of ether oxygens (including phenoxy) is 1. The summed E-state index contributed by atoms with van der Waals surface area (Å²) >= 11 is 1.63. The fourth-order valence-electron chi connectivity index (χ4n) is 3.31. The number of benzene rings is 1. The van der Waals surface area contributed by atoms with Gasteiger partial charge < -0.3 is 9.84 Å². The molecule has 1 N–H and O–H groups in total. The third kappa shape index (κ3) is 3.65. The molecule has 26 heavy (non-hydrogen) atoms. The summed E-state index contributed by atoms with van der Waals surface area (Å²) in [6.07, 6.45) is 0.681. The first kappa shape index (κ1) is 17.2. The summed E-state index contributed by atoms with van der Waals surface area (Å²) < 4.78 is 5.36. The van der Waals surface area contributed by atoms with Gasteiger partial charge in [0, 0.05) is 19.5 Å². The Morgan fingerprint density at radius 3 is 2.69 bits per heavy atom. The molecular formula is C19H21N3O3S. The van der Waals surface area contributed by atoms with Crippen molar-refractivity contribution in [2.45, 2.75) is 12.5 Å². The van der Waals surface area contributed by atoms with E-state index in [1.165, 1.54) is 0 Å². The number of hydrogen-bond acceptors (Lipinski definition) is 6. The van der Waals surface area contributed by atoms with Crippen LogP contribution in [0.5, 0.6) is 5.75 Å². The Bertz CT molecular complexity index is 783. The molecule has 1 fully saturated rings. The Morgan fingerprint density at radius 2 is 2.00 bits per heavy atom. The van der Waals surface area contributed by atoms with Crippen molar-refractivity contribution >= 4 is 23.0 Å². The molecule has 1 aromatic heterocycles. The number of phenols is 1. The number of nitrogens with zero attached hydrogens (tertiary/aromatic N) is 3. The Balaban J connectivity index is 1.57. The van der Waals surface area contributed by atoms with E-state index in [0.29, 0.717) is 26.2 Å². The Morgan fingerprint density at radius 1 is 1.23 bits per heavy atom. The van der Waals surface area contributed by atoms with E-state index >= 15 is 0 Å². The van der Waals surface area contributed by atoms with Gasteiger partial charge in [-0.1, -0.05) is 18.2 Å². The number of hydrogen-bond donors (Lipinski definition) is 1. The highest BCUT2D eigenvalue weighted by atomic mass is 32.1. The molecule has 4 rings (SSSR count). The number of morpholine rings is 1. The second kappa shape index (κ2) is 7.57. The van der Waals surface area contributed by atoms with Gasteiger partial charge in [-0.3, -0.25) is 9.69 Å². The van der Waals surface area contributed by atoms with Crippen LogP contribution in [0.1, 0.15) is 22.9 Å². The smallest absolute Gasteiger partial charge is 0.257 e. The second-order valence-electron chi connectivity index (χ2n) is 6.46. The van der Waals surface area contributed by atoms with E-state index in [1.54, 1.807) is 28.5 Å². The van der Waals surface area contributed by atoms with Crippen molar-refractivity contribution in [2.24, 2.45) is 5.10 Å². The fraction of sp³-hybridized carbons (Fsp3) is 0.368. The summed E-state index contributed by atoms with van der Waals surface area (Å²) in [4.78, 5) is 16.2. The molecule has 2 aromatic rings. The van der Waals surface area contributed by atoms with E-state index in [9.17, 15) is 9.90 Å². The maximum atomic E-state index is 13.0. The van der Waals surface area contributed by atoms with Crippen LogP contribution in [0.25, 0.3) is 0 Å². The van der Waals surface area contributed by atoms with Crippen LogP contribution >= 0.6 is 11.3 Å². The van der Waals surface area contributed by atoms with Crippen molar-refractivity contribution < 1.29 is 14.6 Å². The van der Waals surface area contributed by atoms with E-state index < -0.39 is 0 Å². The lowest BCUT2D eigenvalue weighted by atomic mass is 10.0. The van der Waals surface area contributed by atoms with Crippen molar-refractivity contribution in [3.8, 4) is 5.75 Å². The first-order valence-electron chi connectivity index (χ1n) is 8.73. The molecule has 1 amide bonds. The molecule has 1 atom stereocenters. The fourth-order valence-corrected chi connectivity index (χ4v) is 4.03. The zero-order valence-corrected chi connectivity index (χ0v) is 15.2. The number of amides is 1. The number of carbonyl (C=O) groups excluding carboxylic acids is 1. The van der Waals surface area contributed by atoms with Gasteiger partial charge >= 0.3 is 0 Å². The Hall–Kier alpha value is -2.22. The third-order valence-electron chi connectivity index (χ3n) is 4.71. The van der Waals surface area contributed by atoms with Crippen molar-refractivity contribution in [3.63, 3.8) is 0 Å². The van der Waals surface area contributed by atoms with E-state index in [1.807, 2.05) is 29.6 Å². The molecule has 0 saturated carbocycles. The standard InChI is InChI=1S/C19H21N3O3S/c23-15-5-3-14(4-6-15)17-12-16(18-2-1-11-26-18)20-22(17)19(24)13-21-7-9-25-10-8-21/h1-6,11,17,23H,7-10,12-13H2/t17-/m0/s1. The number of aromatic hydroxyl groups is 1. The van der Waals surface area contributed by atoms with Gasteiger partial charge in [-0.2, -0.15) is 5.10 Å². The molecular weight excluding hydrogens is 350 g/mol. The van der Waals surface area contributed by atoms with Gasteiger partial charge in [0.1, 0.15) is 5.75 Å². The average Bonchev–Trinajstić information content (AvgIpc) is 3.33. The van der Waals surface area contributed by atoms with Crippen LogP contribution in [-0.4, -0.2) is 59.5 Å². The van der Waals surface area contributed by atoms with Gasteiger partial charge in [-0.15, -0.1) is 11.3 Å². The number of carbonyl (C=O) groups is 1. The maximum Gasteiger partial charge on any atom is 0.257 e. The number of thiophene rings is 1. The summed E-state index contributed by atoms with van der Waals surface area (Å²) in [5, 5.41) is 17.9. The minimum atomic E-state index is -0.138. The second-order valence-corrected chi connectivity index (χ2v) is 7.41. The van der Waals surface area contributed by atoms with E-state index in [0.717, 1.165) is 29.2 Å². The SMILES string of the molecule is O=C(CN1CCOCC1)N1N=C(c2cccs2)C[C@H]1c1ccc(O)cc1. The molecule has 3 heterocycles. The van der Waals surface area contributed by atoms with Crippen LogP contribution in [0, 0.1) is 0 Å². The molecule has 0 aliphatic carbocycles. The number of phenolic OH excluding ortho intramolecular Hbond substituents is 1. The van der Waals surface area contributed by atoms with Crippen molar-refractivity contribution in [1.82, 2.24) is 9.91 Å². The minimum Gasteiger partial charge on any atom is -0.508 e. The highest BCUT2D eigenvalue weighted by Crippen LogP contribution is 2.34. The van der Waals surface area contributed by atoms with Gasteiger partial charge in [0.15, 0.2) is 0 Å². The predicted octanol–water partition coefficient (Wildman–Crippen LogP) is 2.46. The summed E-state index contributed by atoms with van der Waals surface area (Å²) in [6, 6.07) is 10.9. The summed E-state index contributed by atoms with van der Waals surface area (Å²) in [6.45, 7) is 3.21. The van der Waals surface area contributed by atoms with Gasteiger partial charge in [0.05, 0.1) is 36.4 Å². The topological polar surface area (TPSA) is 65.4 Å². The molecule has 1 aromatic carbocycles. The van der Waals surface area contributed by atoms with E-state index in [-0.39, 0.29) is 17.7 Å². The number of rotatable bonds is 4. The van der Waals surface area contributed by atoms with Gasteiger partial charge in [-0.25, -0.2) is 5.01 Å². The van der Waals surface area contributed by atoms with Crippen LogP contribution in [-0.2, 0) is 9.53 Å². The highest BCUT2D eigenvalue weighted by Gasteiger charge is 2.34. The Kier molecular flexibility index (Phi) is 5.01. The van der Waals surface area contributed by atoms with Crippen molar-refractivity contribution in [2.75, 3.05) is 32.8 Å². The van der Waals surface area contributed by atoms with E-state index in [4.69, 9.17) is 4.74 Å². The molecule has 0 radical (unpaired) electrons. The molecule has 2 aliphatic heterocycles. The first-order valence-corrected chi connectivity index (χ1v) is 9.61. The lowest BCUT2D eigenvalue weighted by Crippen LogP contribution is -2.43. The van der Waals surface area contributed by atoms with Gasteiger partial charge in [0.2, 0.25) is 0 Å². The van der Waals surface area contributed by atoms with E-state index in [2.05, 4.69) is 10.0 Å². The monoisotopic (exact) mass is 371 g/mol. The lowest BCUT2D eigenvalue weighted by Gasteiger charge is -2.29. The maximum absolute atomic E-state index is 13.0. The normalized spacial score (nSPS) is 21.0. The molecule has 2 aliphatic rings. The largest absolute Gasteiger partial charge is 0.508 e. The molecule has 6 nitrogen and oxygen atoms in total. The minimum absolute atomic E-state index is 0.00321. The van der Waals surface area contributed by atoms with Crippen LogP contribution in [0.2, 0.25) is 0 Å². The van der Waals surface area contributed by atoms with Crippen LogP contribution in [0.3, 0.4) is 0 Å². The molecule has 0 bridgehead atoms. The van der Waals surface area contributed by atoms with Crippen molar-refractivity contribution in [1.29, 1.82) is 0 Å². The van der Waals surface area contributed by atoms with Crippen LogP contribution in [0.15, 0.2) is 46.9 Å². The third-order valence-corrected chi connectivity index (χ3v) is 5.63. The van der Waals surface area contributed by atoms with Crippen LogP contribution < -0.4 is 0 Å². The lowest BCUT2D eigenvalue weighted by molar-refractivity contribution is -0.135.